The summed E-state index contributed by atoms with van der Waals surface area (Å²) in [4.78, 5) is 9.36. The summed E-state index contributed by atoms with van der Waals surface area (Å²) in [5, 5.41) is 0. The van der Waals surface area contributed by atoms with Gasteiger partial charge in [-0.15, -0.1) is 0 Å². The molecular weight excluding hydrogens is 961 g/mol. The summed E-state index contributed by atoms with van der Waals surface area (Å²) in [6.45, 7) is 15.2. The standard InChI is InChI=1S/C11H22N2OS.C11H22N2S.2C2F6NO4S2/c1-3-5-6-12-7-8-13(11-12)9-10-15(14)4-2;1-3-5-6-12-7-8-13(11-12)9-10-14-4-2;2*3-1(4,5)14(10,11)9-15(12,13)2(6,7)8/h7-8H,3-6,9-11H2,1-2H3;7-8H,3-6,9-11H2,1-2H3;;/q;;2*-1. The van der Waals surface area contributed by atoms with Crippen LogP contribution in [0.3, 0.4) is 0 Å². The smallest absolute Gasteiger partial charge is 0.421 e. The van der Waals surface area contributed by atoms with Gasteiger partial charge in [-0.2, -0.15) is 64.4 Å². The van der Waals surface area contributed by atoms with E-state index in [1.165, 1.54) is 50.3 Å². The normalized spacial score (nSPS) is 15.9. The number of rotatable bonds is 18. The summed E-state index contributed by atoms with van der Waals surface area (Å²) in [6.07, 6.45) is 13.8. The second-order valence-corrected chi connectivity index (χ2v) is 21.4. The highest BCUT2D eigenvalue weighted by molar-refractivity contribution is 8.13. The lowest BCUT2D eigenvalue weighted by molar-refractivity contribution is -0.0456. The van der Waals surface area contributed by atoms with Crippen LogP contribution in [0.4, 0.5) is 52.7 Å². The third-order valence-corrected chi connectivity index (χ3v) is 14.2. The first-order chi connectivity index (χ1) is 26.5. The van der Waals surface area contributed by atoms with E-state index in [-0.39, 0.29) is 0 Å². The Morgan fingerprint density at radius 3 is 1.07 bits per heavy atom. The van der Waals surface area contributed by atoms with Gasteiger partial charge in [-0.05, 0) is 18.6 Å². The van der Waals surface area contributed by atoms with Crippen LogP contribution >= 0.6 is 11.8 Å². The van der Waals surface area contributed by atoms with Crippen LogP contribution in [0, 0.1) is 0 Å². The van der Waals surface area contributed by atoms with Crippen LogP contribution in [0.5, 0.6) is 0 Å². The van der Waals surface area contributed by atoms with Crippen molar-refractivity contribution < 1.29 is 90.6 Å². The molecular formula is C26H44F12N6O9S6-2. The summed E-state index contributed by atoms with van der Waals surface area (Å²) in [5.41, 5.74) is -24.8. The minimum absolute atomic E-state index is 0.634. The van der Waals surface area contributed by atoms with E-state index < -0.39 is 72.9 Å². The third kappa shape index (κ3) is 23.2. The predicted molar refractivity (Wildman–Crippen MR) is 198 cm³/mol. The summed E-state index contributed by atoms with van der Waals surface area (Å²) >= 11 is 2.02. The van der Waals surface area contributed by atoms with Gasteiger partial charge in [-0.1, -0.05) is 40.5 Å². The van der Waals surface area contributed by atoms with E-state index in [4.69, 9.17) is 0 Å². The SMILES string of the molecule is CCCCN1C=CN(CCS(=O)CC)C1.CCCCN1C=CN(CCSCC)C1.O=S(=O)([N-]S(=O)(=O)C(F)(F)F)C(F)(F)F.O=S(=O)([N-]S(=O)(=O)C(F)(F)F)C(F)(F)F. The number of sulfonamides is 4. The molecule has 2 rings (SSSR count). The van der Waals surface area contributed by atoms with Crippen molar-refractivity contribution in [2.24, 2.45) is 0 Å². The number of thioether (sulfide) groups is 1. The first-order valence-corrected chi connectivity index (χ1v) is 24.9. The van der Waals surface area contributed by atoms with Crippen molar-refractivity contribution in [2.75, 3.05) is 62.5 Å². The van der Waals surface area contributed by atoms with E-state index in [0.29, 0.717) is 0 Å². The fourth-order valence-corrected chi connectivity index (χ4v) is 8.25. The van der Waals surface area contributed by atoms with Crippen LogP contribution < -0.4 is 0 Å². The van der Waals surface area contributed by atoms with E-state index in [1.807, 2.05) is 18.7 Å². The quantitative estimate of drug-likeness (QED) is 0.110. The molecule has 1 atom stereocenters. The summed E-state index contributed by atoms with van der Waals surface area (Å²) in [7, 11) is -27.5. The van der Waals surface area contributed by atoms with Crippen LogP contribution in [-0.2, 0) is 50.9 Å². The minimum Gasteiger partial charge on any atom is -0.421 e. The van der Waals surface area contributed by atoms with Crippen molar-refractivity contribution in [3.05, 3.63) is 33.1 Å². The van der Waals surface area contributed by atoms with Crippen molar-refractivity contribution in [2.45, 2.75) is 75.4 Å². The second kappa shape index (κ2) is 25.2. The molecule has 33 heteroatoms. The Balaban J connectivity index is 0. The highest BCUT2D eigenvalue weighted by atomic mass is 32.3. The van der Waals surface area contributed by atoms with Crippen LogP contribution in [-0.4, -0.2) is 142 Å². The maximum absolute atomic E-state index is 11.4. The Morgan fingerprint density at radius 2 is 0.814 bits per heavy atom. The molecule has 59 heavy (non-hydrogen) atoms. The van der Waals surface area contributed by atoms with Crippen LogP contribution in [0.25, 0.3) is 8.25 Å². The highest BCUT2D eigenvalue weighted by Crippen LogP contribution is 2.37. The Bertz CT molecular complexity index is 1610. The number of unbranched alkanes of at least 4 members (excludes halogenated alkanes) is 2. The lowest BCUT2D eigenvalue weighted by Crippen LogP contribution is -2.30. The fraction of sp³-hybridized carbons (Fsp3) is 0.846. The predicted octanol–water partition coefficient (Wildman–Crippen LogP) is 6.31. The van der Waals surface area contributed by atoms with Gasteiger partial charge in [0.25, 0.3) is 0 Å². The van der Waals surface area contributed by atoms with Crippen molar-refractivity contribution in [3.8, 4) is 0 Å². The van der Waals surface area contributed by atoms with Gasteiger partial charge in [-0.3, -0.25) is 4.21 Å². The Hall–Kier alpha value is -1.94. The molecule has 2 heterocycles. The molecule has 0 aromatic heterocycles. The molecule has 0 saturated carbocycles. The van der Waals surface area contributed by atoms with Gasteiger partial charge >= 0.3 is 22.0 Å². The monoisotopic (exact) mass is 1000 g/mol. The van der Waals surface area contributed by atoms with Crippen LogP contribution in [0.2, 0.25) is 0 Å². The molecule has 354 valence electrons. The second-order valence-electron chi connectivity index (χ2n) is 11.3. The molecule has 0 spiro atoms. The first kappa shape index (κ1) is 59.2. The molecule has 0 bridgehead atoms. The zero-order valence-electron chi connectivity index (χ0n) is 31.6. The van der Waals surface area contributed by atoms with Gasteiger partial charge in [-0.25, -0.2) is 33.7 Å². The number of nitrogens with zero attached hydrogens (tertiary/aromatic N) is 6. The third-order valence-electron chi connectivity index (χ3n) is 6.52. The Labute approximate surface area is 342 Å². The lowest BCUT2D eigenvalue weighted by Gasteiger charge is -2.22. The van der Waals surface area contributed by atoms with Crippen molar-refractivity contribution in [1.82, 2.24) is 19.6 Å². The van der Waals surface area contributed by atoms with E-state index in [2.05, 4.69) is 65.2 Å². The zero-order chi connectivity index (χ0) is 46.7. The van der Waals surface area contributed by atoms with Crippen molar-refractivity contribution in [1.29, 1.82) is 0 Å². The van der Waals surface area contributed by atoms with Gasteiger partial charge in [0.15, 0.2) is 40.1 Å². The Morgan fingerprint density at radius 1 is 0.525 bits per heavy atom. The van der Waals surface area contributed by atoms with E-state index in [0.717, 1.165) is 46.2 Å². The van der Waals surface area contributed by atoms with E-state index in [9.17, 15) is 90.6 Å². The van der Waals surface area contributed by atoms with Gasteiger partial charge in [0.05, 0.1) is 13.3 Å². The molecule has 0 radical (unpaired) electrons. The maximum Gasteiger partial charge on any atom is 0.480 e. The minimum atomic E-state index is -6.72. The summed E-state index contributed by atoms with van der Waals surface area (Å²) < 4.78 is 230. The van der Waals surface area contributed by atoms with Crippen LogP contribution in [0.1, 0.15) is 53.4 Å². The van der Waals surface area contributed by atoms with Gasteiger partial charge in [0, 0.05) is 79.0 Å². The molecule has 0 aliphatic carbocycles. The molecule has 0 aromatic carbocycles. The van der Waals surface area contributed by atoms with Gasteiger partial charge < -0.3 is 27.9 Å². The molecule has 0 saturated heterocycles. The fourth-order valence-electron chi connectivity index (χ4n) is 3.45. The first-order valence-electron chi connectivity index (χ1n) is 16.5. The van der Waals surface area contributed by atoms with Crippen molar-refractivity contribution >= 4 is 62.7 Å². The molecule has 0 aromatic rings. The summed E-state index contributed by atoms with van der Waals surface area (Å²) in [5.74, 6) is 4.05. The van der Waals surface area contributed by atoms with E-state index >= 15 is 0 Å². The van der Waals surface area contributed by atoms with Gasteiger partial charge in [0.1, 0.15) is 0 Å². The van der Waals surface area contributed by atoms with Crippen molar-refractivity contribution in [3.63, 3.8) is 0 Å². The topological polar surface area (TPSA) is 195 Å². The number of halogens is 12. The molecule has 1 unspecified atom stereocenters. The molecule has 0 fully saturated rings. The number of hydrogen-bond acceptors (Lipinski definition) is 14. The lowest BCUT2D eigenvalue weighted by atomic mass is 10.3. The molecule has 2 aliphatic heterocycles. The van der Waals surface area contributed by atoms with Crippen LogP contribution in [0.15, 0.2) is 24.8 Å². The Kier molecular flexibility index (Phi) is 25.3. The molecule has 0 N–H and O–H groups in total. The zero-order valence-corrected chi connectivity index (χ0v) is 36.5. The highest BCUT2D eigenvalue weighted by Gasteiger charge is 2.48. The largest absolute Gasteiger partial charge is 0.480 e. The number of hydrogen-bond donors (Lipinski definition) is 0. The number of alkyl halides is 12. The van der Waals surface area contributed by atoms with E-state index in [1.54, 1.807) is 0 Å². The molecule has 2 aliphatic rings. The molecule has 0 amide bonds. The average Bonchev–Trinajstić information content (AvgIpc) is 3.72. The summed E-state index contributed by atoms with van der Waals surface area (Å²) in [6, 6.07) is 0. The maximum atomic E-state index is 11.4. The molecule has 15 nitrogen and oxygen atoms in total. The average molecular weight is 1010 g/mol. The van der Waals surface area contributed by atoms with Gasteiger partial charge in [0.2, 0.25) is 0 Å².